The van der Waals surface area contributed by atoms with Gasteiger partial charge < -0.3 is 0 Å². The SMILES string of the molecule is C[Se]c1ccc(N(C)c2nc(C)nc3ccccc23)cc1Cl. The Labute approximate surface area is 141 Å². The van der Waals surface area contributed by atoms with E-state index >= 15 is 0 Å². The summed E-state index contributed by atoms with van der Waals surface area (Å²) in [4.78, 5) is 11.2. The molecule has 22 heavy (non-hydrogen) atoms. The van der Waals surface area contributed by atoms with Crippen LogP contribution in [0.3, 0.4) is 0 Å². The van der Waals surface area contributed by atoms with Gasteiger partial charge >= 0.3 is 141 Å². The summed E-state index contributed by atoms with van der Waals surface area (Å²) in [7, 11) is 2.01. The zero-order valence-electron chi connectivity index (χ0n) is 12.7. The normalized spacial score (nSPS) is 10.9. The first-order valence-corrected chi connectivity index (χ1v) is 9.85. The molecule has 0 saturated carbocycles. The summed E-state index contributed by atoms with van der Waals surface area (Å²) in [6.45, 7) is 1.92. The van der Waals surface area contributed by atoms with Crippen LogP contribution >= 0.6 is 11.6 Å². The van der Waals surface area contributed by atoms with Crippen LogP contribution in [0.4, 0.5) is 11.5 Å². The summed E-state index contributed by atoms with van der Waals surface area (Å²) in [5.74, 6) is 3.83. The van der Waals surface area contributed by atoms with Crippen molar-refractivity contribution >= 4 is 53.4 Å². The third kappa shape index (κ3) is 2.82. The molecular formula is C17H16ClN3Se. The van der Waals surface area contributed by atoms with Gasteiger partial charge in [-0.3, -0.25) is 0 Å². The Balaban J connectivity index is 2.12. The quantitative estimate of drug-likeness (QED) is 0.652. The third-order valence-electron chi connectivity index (χ3n) is 3.54. The van der Waals surface area contributed by atoms with Gasteiger partial charge in [-0.1, -0.05) is 0 Å². The van der Waals surface area contributed by atoms with Crippen LogP contribution < -0.4 is 9.36 Å². The Bertz CT molecular complexity index is 835. The summed E-state index contributed by atoms with van der Waals surface area (Å²) in [6.07, 6.45) is 0. The number of fused-ring (bicyclic) bond motifs is 1. The maximum atomic E-state index is 6.37. The molecule has 1 heterocycles. The van der Waals surface area contributed by atoms with E-state index in [1.165, 1.54) is 4.46 Å². The monoisotopic (exact) mass is 377 g/mol. The number of para-hydroxylation sites is 1. The molecular weight excluding hydrogens is 361 g/mol. The van der Waals surface area contributed by atoms with Crippen molar-refractivity contribution in [3.05, 3.63) is 53.3 Å². The number of nitrogens with zero attached hydrogens (tertiary/aromatic N) is 3. The fraction of sp³-hybridized carbons (Fsp3) is 0.176. The molecule has 5 heteroatoms. The van der Waals surface area contributed by atoms with Crippen LogP contribution in [0.1, 0.15) is 5.82 Å². The van der Waals surface area contributed by atoms with Crippen LogP contribution in [0.2, 0.25) is 10.8 Å². The molecule has 0 aliphatic heterocycles. The van der Waals surface area contributed by atoms with Gasteiger partial charge in [-0.25, -0.2) is 0 Å². The molecule has 3 nitrogen and oxygen atoms in total. The Kier molecular flexibility index (Phi) is 4.34. The third-order valence-corrected chi connectivity index (χ3v) is 5.77. The zero-order chi connectivity index (χ0) is 15.7. The first kappa shape index (κ1) is 15.3. The van der Waals surface area contributed by atoms with Gasteiger partial charge in [0.25, 0.3) is 0 Å². The van der Waals surface area contributed by atoms with E-state index in [2.05, 4.69) is 32.8 Å². The minimum absolute atomic E-state index is 0.395. The second-order valence-electron chi connectivity index (χ2n) is 4.99. The standard InChI is InChI=1S/C17H16ClN3Se/c1-11-19-15-7-5-4-6-13(15)17(20-11)21(2)12-8-9-16(22-3)14(18)10-12/h4-10H,1-3H3. The van der Waals surface area contributed by atoms with Crippen molar-refractivity contribution < 1.29 is 0 Å². The zero-order valence-corrected chi connectivity index (χ0v) is 15.1. The Hall–Kier alpha value is -1.61. The van der Waals surface area contributed by atoms with Gasteiger partial charge in [-0.2, -0.15) is 0 Å². The maximum absolute atomic E-state index is 6.37. The van der Waals surface area contributed by atoms with Crippen LogP contribution in [-0.2, 0) is 0 Å². The molecule has 0 aliphatic rings. The Morgan fingerprint density at radius 1 is 1.09 bits per heavy atom. The average Bonchev–Trinajstić information content (AvgIpc) is 2.53. The van der Waals surface area contributed by atoms with Crippen LogP contribution in [-0.4, -0.2) is 32.0 Å². The fourth-order valence-electron chi connectivity index (χ4n) is 2.41. The summed E-state index contributed by atoms with van der Waals surface area (Å²) in [5, 5.41) is 1.86. The predicted molar refractivity (Wildman–Crippen MR) is 95.0 cm³/mol. The van der Waals surface area contributed by atoms with E-state index in [4.69, 9.17) is 11.6 Å². The molecule has 112 valence electrons. The van der Waals surface area contributed by atoms with Crippen molar-refractivity contribution in [2.24, 2.45) is 0 Å². The first-order valence-electron chi connectivity index (χ1n) is 6.91. The molecule has 0 fully saturated rings. The van der Waals surface area contributed by atoms with Crippen molar-refractivity contribution in [1.82, 2.24) is 9.97 Å². The summed E-state index contributed by atoms with van der Waals surface area (Å²) < 4.78 is 1.22. The molecule has 3 aromatic rings. The number of halogens is 1. The van der Waals surface area contributed by atoms with E-state index in [0.29, 0.717) is 15.0 Å². The van der Waals surface area contributed by atoms with E-state index in [9.17, 15) is 0 Å². The Morgan fingerprint density at radius 2 is 1.86 bits per heavy atom. The first-order chi connectivity index (χ1) is 10.6. The number of aromatic nitrogens is 2. The van der Waals surface area contributed by atoms with Gasteiger partial charge in [0.15, 0.2) is 0 Å². The van der Waals surface area contributed by atoms with Gasteiger partial charge in [0, 0.05) is 0 Å². The second-order valence-corrected chi connectivity index (χ2v) is 7.18. The fourth-order valence-corrected chi connectivity index (χ4v) is 3.95. The average molecular weight is 377 g/mol. The van der Waals surface area contributed by atoms with E-state index in [1.54, 1.807) is 0 Å². The van der Waals surface area contributed by atoms with Crippen LogP contribution in [0.5, 0.6) is 0 Å². The van der Waals surface area contributed by atoms with E-state index in [1.807, 2.05) is 44.3 Å². The van der Waals surface area contributed by atoms with Crippen molar-refractivity contribution in [2.75, 3.05) is 11.9 Å². The van der Waals surface area contributed by atoms with E-state index in [0.717, 1.165) is 33.3 Å². The molecule has 0 unspecified atom stereocenters. The summed E-state index contributed by atoms with van der Waals surface area (Å²) in [5.41, 5.74) is 1.98. The van der Waals surface area contributed by atoms with Crippen LogP contribution in [0.25, 0.3) is 10.9 Å². The predicted octanol–water partition coefficient (Wildman–Crippen LogP) is 3.74. The number of hydrogen-bond acceptors (Lipinski definition) is 3. The van der Waals surface area contributed by atoms with Crippen molar-refractivity contribution in [3.63, 3.8) is 0 Å². The molecule has 3 rings (SSSR count). The summed E-state index contributed by atoms with van der Waals surface area (Å²) >= 11 is 6.76. The number of aryl methyl sites for hydroxylation is 1. The number of benzene rings is 2. The van der Waals surface area contributed by atoms with Crippen LogP contribution in [0.15, 0.2) is 42.5 Å². The molecule has 0 amide bonds. The van der Waals surface area contributed by atoms with Gasteiger partial charge in [0.2, 0.25) is 0 Å². The molecule has 0 radical (unpaired) electrons. The van der Waals surface area contributed by atoms with Crippen LogP contribution in [0, 0.1) is 6.92 Å². The second kappa shape index (κ2) is 6.25. The van der Waals surface area contributed by atoms with Crippen molar-refractivity contribution in [3.8, 4) is 0 Å². The molecule has 0 aliphatic carbocycles. The molecule has 2 aromatic carbocycles. The topological polar surface area (TPSA) is 29.0 Å². The van der Waals surface area contributed by atoms with E-state index < -0.39 is 0 Å². The summed E-state index contributed by atoms with van der Waals surface area (Å²) in [6, 6.07) is 14.3. The molecule has 0 spiro atoms. The van der Waals surface area contributed by atoms with Gasteiger partial charge in [0.1, 0.15) is 0 Å². The van der Waals surface area contributed by atoms with Crippen molar-refractivity contribution in [1.29, 1.82) is 0 Å². The molecule has 0 saturated heterocycles. The molecule has 0 atom stereocenters. The van der Waals surface area contributed by atoms with Crippen molar-refractivity contribution in [2.45, 2.75) is 12.7 Å². The molecule has 0 bridgehead atoms. The van der Waals surface area contributed by atoms with Gasteiger partial charge in [-0.05, 0) is 0 Å². The van der Waals surface area contributed by atoms with Gasteiger partial charge in [-0.15, -0.1) is 0 Å². The minimum atomic E-state index is 0.395. The Morgan fingerprint density at radius 3 is 2.59 bits per heavy atom. The number of rotatable bonds is 3. The van der Waals surface area contributed by atoms with Gasteiger partial charge in [0.05, 0.1) is 0 Å². The molecule has 1 aromatic heterocycles. The number of hydrogen-bond donors (Lipinski definition) is 0. The van der Waals surface area contributed by atoms with E-state index in [-0.39, 0.29) is 0 Å². The molecule has 0 N–H and O–H groups in total. The number of anilines is 2.